The van der Waals surface area contributed by atoms with Gasteiger partial charge >= 0.3 is 0 Å². The van der Waals surface area contributed by atoms with Crippen LogP contribution in [-0.2, 0) is 9.53 Å². The van der Waals surface area contributed by atoms with Crippen LogP contribution < -0.4 is 5.19 Å². The summed E-state index contributed by atoms with van der Waals surface area (Å²) in [6.07, 6.45) is 1.30. The van der Waals surface area contributed by atoms with Gasteiger partial charge in [-0.25, -0.2) is 0 Å². The fourth-order valence-corrected chi connectivity index (χ4v) is 5.25. The van der Waals surface area contributed by atoms with E-state index in [4.69, 9.17) is 4.74 Å². The molecular formula is C14H18O3Si. The van der Waals surface area contributed by atoms with Gasteiger partial charge in [0.05, 0.1) is 20.3 Å². The van der Waals surface area contributed by atoms with Crippen molar-refractivity contribution in [2.75, 3.05) is 0 Å². The molecule has 1 aromatic rings. The van der Waals surface area contributed by atoms with Crippen LogP contribution in [0.2, 0.25) is 19.1 Å². The minimum Gasteiger partial charge on any atom is -0.472 e. The van der Waals surface area contributed by atoms with Gasteiger partial charge in [-0.15, -0.1) is 0 Å². The first-order valence-electron chi connectivity index (χ1n) is 6.09. The maximum Gasteiger partial charge on any atom is 0.203 e. The summed E-state index contributed by atoms with van der Waals surface area (Å²) < 4.78 is 5.04. The molecule has 0 fully saturated rings. The zero-order valence-corrected chi connectivity index (χ0v) is 11.7. The van der Waals surface area contributed by atoms with Crippen LogP contribution >= 0.6 is 0 Å². The average Bonchev–Trinajstić information content (AvgIpc) is 2.71. The molecule has 0 radical (unpaired) electrons. The van der Waals surface area contributed by atoms with Gasteiger partial charge in [0.15, 0.2) is 0 Å². The summed E-state index contributed by atoms with van der Waals surface area (Å²) in [5.41, 5.74) is 0.569. The van der Waals surface area contributed by atoms with Crippen molar-refractivity contribution in [1.29, 1.82) is 0 Å². The highest BCUT2D eigenvalue weighted by Crippen LogP contribution is 2.30. The summed E-state index contributed by atoms with van der Waals surface area (Å²) in [6, 6.07) is 11.1. The second-order valence-corrected chi connectivity index (χ2v) is 10.1. The SMILES string of the molecule is C[Si](C)(C[C@@H]1C(C=O)=CO[C@H]1O)c1ccccc1. The van der Waals surface area contributed by atoms with Crippen molar-refractivity contribution in [3.8, 4) is 0 Å². The Morgan fingerprint density at radius 2 is 2.00 bits per heavy atom. The van der Waals surface area contributed by atoms with Crippen LogP contribution in [-0.4, -0.2) is 25.8 Å². The standard InChI is InChI=1S/C14H18O3Si/c1-18(2,12-6-4-3-5-7-12)10-13-11(8-15)9-17-14(13)16/h3-9,13-14,16H,10H2,1-2H3/t13-,14-/m1/s1. The molecule has 1 aromatic carbocycles. The first kappa shape index (κ1) is 13.0. The Kier molecular flexibility index (Phi) is 3.68. The van der Waals surface area contributed by atoms with Crippen molar-refractivity contribution in [3.63, 3.8) is 0 Å². The Hall–Kier alpha value is -1.39. The number of carbonyl (C=O) groups excluding carboxylic acids is 1. The molecule has 0 aromatic heterocycles. The predicted octanol–water partition coefficient (Wildman–Crippen LogP) is 1.65. The summed E-state index contributed by atoms with van der Waals surface area (Å²) in [5.74, 6) is -0.190. The first-order chi connectivity index (χ1) is 8.54. The second-order valence-electron chi connectivity index (χ2n) is 5.32. The molecule has 0 spiro atoms. The van der Waals surface area contributed by atoms with Crippen LogP contribution in [0.1, 0.15) is 0 Å². The number of benzene rings is 1. The molecule has 18 heavy (non-hydrogen) atoms. The number of hydrogen-bond acceptors (Lipinski definition) is 3. The zero-order chi connectivity index (χ0) is 13.2. The number of aldehydes is 1. The topological polar surface area (TPSA) is 46.5 Å². The molecule has 1 aliphatic heterocycles. The van der Waals surface area contributed by atoms with Crippen LogP contribution in [0.3, 0.4) is 0 Å². The largest absolute Gasteiger partial charge is 0.472 e. The highest BCUT2D eigenvalue weighted by molar-refractivity contribution is 6.89. The van der Waals surface area contributed by atoms with Crippen molar-refractivity contribution in [1.82, 2.24) is 0 Å². The van der Waals surface area contributed by atoms with E-state index in [-0.39, 0.29) is 5.92 Å². The number of carbonyl (C=O) groups is 1. The van der Waals surface area contributed by atoms with Gasteiger partial charge in [0.25, 0.3) is 0 Å². The van der Waals surface area contributed by atoms with Crippen molar-refractivity contribution < 1.29 is 14.6 Å². The molecular weight excluding hydrogens is 244 g/mol. The molecule has 1 N–H and O–H groups in total. The molecule has 0 saturated carbocycles. The van der Waals surface area contributed by atoms with Crippen molar-refractivity contribution in [3.05, 3.63) is 42.2 Å². The van der Waals surface area contributed by atoms with Crippen LogP contribution in [0.5, 0.6) is 0 Å². The molecule has 0 amide bonds. The van der Waals surface area contributed by atoms with Gasteiger partial charge < -0.3 is 9.84 Å². The van der Waals surface area contributed by atoms with E-state index in [0.717, 1.165) is 12.3 Å². The van der Waals surface area contributed by atoms with Crippen LogP contribution in [0.4, 0.5) is 0 Å². The number of ether oxygens (including phenoxy) is 1. The Bertz CT molecular complexity index is 453. The van der Waals surface area contributed by atoms with E-state index < -0.39 is 14.4 Å². The van der Waals surface area contributed by atoms with Crippen molar-refractivity contribution >= 4 is 19.5 Å². The second kappa shape index (κ2) is 5.08. The number of aliphatic hydroxyl groups excluding tert-OH is 1. The highest BCUT2D eigenvalue weighted by atomic mass is 28.3. The molecule has 0 aliphatic carbocycles. The van der Waals surface area contributed by atoms with E-state index in [1.807, 2.05) is 18.2 Å². The molecule has 0 saturated heterocycles. The van der Waals surface area contributed by atoms with Gasteiger partial charge in [-0.2, -0.15) is 0 Å². The summed E-state index contributed by atoms with van der Waals surface area (Å²) in [4.78, 5) is 10.9. The summed E-state index contributed by atoms with van der Waals surface area (Å²) in [5, 5.41) is 11.1. The monoisotopic (exact) mass is 262 g/mol. The van der Waals surface area contributed by atoms with E-state index in [2.05, 4.69) is 25.2 Å². The third kappa shape index (κ3) is 2.54. The van der Waals surface area contributed by atoms with Crippen LogP contribution in [0.25, 0.3) is 0 Å². The third-order valence-electron chi connectivity index (χ3n) is 3.54. The van der Waals surface area contributed by atoms with E-state index in [0.29, 0.717) is 5.57 Å². The van der Waals surface area contributed by atoms with Gasteiger partial charge in [0.1, 0.15) is 6.29 Å². The van der Waals surface area contributed by atoms with Gasteiger partial charge in [-0.05, 0) is 6.04 Å². The fourth-order valence-electron chi connectivity index (χ4n) is 2.39. The lowest BCUT2D eigenvalue weighted by molar-refractivity contribution is -0.106. The molecule has 96 valence electrons. The quantitative estimate of drug-likeness (QED) is 0.663. The minimum atomic E-state index is -1.68. The Morgan fingerprint density at radius 1 is 1.33 bits per heavy atom. The molecule has 2 rings (SSSR count). The summed E-state index contributed by atoms with van der Waals surface area (Å²) in [7, 11) is -1.68. The lowest BCUT2D eigenvalue weighted by atomic mass is 10.1. The normalized spacial score (nSPS) is 23.4. The highest BCUT2D eigenvalue weighted by Gasteiger charge is 2.36. The predicted molar refractivity (Wildman–Crippen MR) is 73.1 cm³/mol. The minimum absolute atomic E-state index is 0.190. The maximum absolute atomic E-state index is 10.9. The van der Waals surface area contributed by atoms with Gasteiger partial charge in [-0.3, -0.25) is 4.79 Å². The molecule has 1 aliphatic rings. The molecule has 3 nitrogen and oxygen atoms in total. The molecule has 1 heterocycles. The third-order valence-corrected chi connectivity index (χ3v) is 6.89. The maximum atomic E-state index is 10.9. The lowest BCUT2D eigenvalue weighted by Crippen LogP contribution is -2.44. The van der Waals surface area contributed by atoms with Crippen molar-refractivity contribution in [2.24, 2.45) is 5.92 Å². The summed E-state index contributed by atoms with van der Waals surface area (Å²) >= 11 is 0. The number of hydrogen-bond donors (Lipinski definition) is 1. The van der Waals surface area contributed by atoms with Gasteiger partial charge in [0.2, 0.25) is 6.29 Å². The molecule has 0 bridgehead atoms. The van der Waals surface area contributed by atoms with E-state index in [9.17, 15) is 9.90 Å². The van der Waals surface area contributed by atoms with E-state index in [1.54, 1.807) is 0 Å². The first-order valence-corrected chi connectivity index (χ1v) is 9.29. The lowest BCUT2D eigenvalue weighted by Gasteiger charge is -2.27. The number of aliphatic hydroxyl groups is 1. The summed E-state index contributed by atoms with van der Waals surface area (Å²) in [6.45, 7) is 4.49. The van der Waals surface area contributed by atoms with E-state index in [1.165, 1.54) is 11.4 Å². The van der Waals surface area contributed by atoms with E-state index >= 15 is 0 Å². The Balaban J connectivity index is 2.18. The smallest absolute Gasteiger partial charge is 0.203 e. The zero-order valence-electron chi connectivity index (χ0n) is 10.7. The molecule has 4 heteroatoms. The average molecular weight is 262 g/mol. The van der Waals surface area contributed by atoms with Gasteiger partial charge in [0, 0.05) is 5.57 Å². The molecule has 2 atom stereocenters. The Morgan fingerprint density at radius 3 is 2.61 bits per heavy atom. The fraction of sp³-hybridized carbons (Fsp3) is 0.357. The van der Waals surface area contributed by atoms with Crippen LogP contribution in [0.15, 0.2) is 42.2 Å². The molecule has 0 unspecified atom stereocenters. The number of rotatable bonds is 4. The Labute approximate surface area is 108 Å². The van der Waals surface area contributed by atoms with Gasteiger partial charge in [-0.1, -0.05) is 48.6 Å². The van der Waals surface area contributed by atoms with Crippen molar-refractivity contribution in [2.45, 2.75) is 25.4 Å². The van der Waals surface area contributed by atoms with Crippen LogP contribution in [0, 0.1) is 5.92 Å².